The number of aromatic nitrogens is 3. The van der Waals surface area contributed by atoms with E-state index in [4.69, 9.17) is 4.98 Å². The first kappa shape index (κ1) is 16.8. The molecule has 0 atom stereocenters. The van der Waals surface area contributed by atoms with Crippen LogP contribution in [0.1, 0.15) is 30.7 Å². The molecule has 1 aliphatic heterocycles. The van der Waals surface area contributed by atoms with Gasteiger partial charge in [0.05, 0.1) is 5.52 Å². The fourth-order valence-corrected chi connectivity index (χ4v) is 3.69. The molecule has 0 spiro atoms. The summed E-state index contributed by atoms with van der Waals surface area (Å²) < 4.78 is 14.0. The monoisotopic (exact) mass is 350 g/mol. The molecule has 2 aromatic heterocycles. The predicted octanol–water partition coefficient (Wildman–Crippen LogP) is 4.79. The molecule has 0 unspecified atom stereocenters. The molecule has 1 fully saturated rings. The maximum atomic E-state index is 14.0. The number of aromatic amines is 1. The predicted molar refractivity (Wildman–Crippen MR) is 104 cm³/mol. The van der Waals surface area contributed by atoms with Crippen LogP contribution >= 0.6 is 0 Å². The summed E-state index contributed by atoms with van der Waals surface area (Å²) in [4.78, 5) is 15.0. The van der Waals surface area contributed by atoms with Gasteiger partial charge in [0.15, 0.2) is 5.82 Å². The van der Waals surface area contributed by atoms with Crippen molar-refractivity contribution in [2.45, 2.75) is 32.6 Å². The van der Waals surface area contributed by atoms with Crippen LogP contribution in [0.25, 0.3) is 22.3 Å². The Hall–Kier alpha value is -2.69. The minimum atomic E-state index is -0.239. The first-order valence-corrected chi connectivity index (χ1v) is 9.17. The fourth-order valence-electron chi connectivity index (χ4n) is 3.69. The van der Waals surface area contributed by atoms with Crippen LogP contribution in [-0.2, 0) is 6.42 Å². The minimum absolute atomic E-state index is 0.239. The number of halogens is 1. The van der Waals surface area contributed by atoms with E-state index >= 15 is 0 Å². The molecule has 4 rings (SSSR count). The Morgan fingerprint density at radius 2 is 1.96 bits per heavy atom. The van der Waals surface area contributed by atoms with Gasteiger partial charge in [-0.2, -0.15) is 0 Å². The normalized spacial score (nSPS) is 14.8. The third-order valence-corrected chi connectivity index (χ3v) is 4.87. The largest absolute Gasteiger partial charge is 0.355 e. The fraction of sp³-hybridized carbons (Fsp3) is 0.333. The Balaban J connectivity index is 1.81. The molecule has 26 heavy (non-hydrogen) atoms. The summed E-state index contributed by atoms with van der Waals surface area (Å²) in [5.41, 5.74) is 4.40. The van der Waals surface area contributed by atoms with Gasteiger partial charge in [-0.25, -0.2) is 14.4 Å². The lowest BCUT2D eigenvalue weighted by atomic mass is 10.1. The molecule has 3 aromatic rings. The van der Waals surface area contributed by atoms with Crippen LogP contribution in [0.3, 0.4) is 0 Å². The van der Waals surface area contributed by atoms with Gasteiger partial charge in [0.2, 0.25) is 0 Å². The van der Waals surface area contributed by atoms with E-state index in [-0.39, 0.29) is 5.82 Å². The number of benzene rings is 1. The minimum Gasteiger partial charge on any atom is -0.355 e. The Bertz CT molecular complexity index is 954. The Morgan fingerprint density at radius 1 is 1.15 bits per heavy atom. The van der Waals surface area contributed by atoms with Crippen molar-refractivity contribution in [2.24, 2.45) is 0 Å². The van der Waals surface area contributed by atoms with Gasteiger partial charge in [-0.1, -0.05) is 6.08 Å². The van der Waals surface area contributed by atoms with E-state index < -0.39 is 0 Å². The first-order valence-electron chi connectivity index (χ1n) is 9.17. The molecule has 0 aliphatic carbocycles. The third kappa shape index (κ3) is 3.21. The summed E-state index contributed by atoms with van der Waals surface area (Å²) in [6.45, 7) is 7.70. The number of piperidine rings is 1. The zero-order valence-corrected chi connectivity index (χ0v) is 15.1. The molecule has 0 saturated carbocycles. The molecule has 0 amide bonds. The lowest BCUT2D eigenvalue weighted by Crippen LogP contribution is -2.30. The number of rotatable bonds is 4. The average Bonchev–Trinajstić information content (AvgIpc) is 3.05. The van der Waals surface area contributed by atoms with Crippen LogP contribution in [0.5, 0.6) is 0 Å². The quantitative estimate of drug-likeness (QED) is 0.688. The van der Waals surface area contributed by atoms with Gasteiger partial charge in [-0.15, -0.1) is 6.58 Å². The second kappa shape index (κ2) is 6.90. The van der Waals surface area contributed by atoms with E-state index in [2.05, 4.69) is 21.4 Å². The standard InChI is InChI=1S/C21H23FN4/c1-3-7-15-10-16(12-17(22)11-15)18-13-19-20(25-18)21(24-14(2)23-19)26-8-5-4-6-9-26/h3,10-13,25H,1,4-9H2,2H3. The molecule has 4 nitrogen and oxygen atoms in total. The second-order valence-corrected chi connectivity index (χ2v) is 6.93. The molecule has 1 N–H and O–H groups in total. The summed E-state index contributed by atoms with van der Waals surface area (Å²) in [7, 11) is 0. The summed E-state index contributed by atoms with van der Waals surface area (Å²) in [5, 5.41) is 0. The molecule has 1 aromatic carbocycles. The molecule has 1 saturated heterocycles. The van der Waals surface area contributed by atoms with Gasteiger partial charge in [0.25, 0.3) is 0 Å². The van der Waals surface area contributed by atoms with Crippen LogP contribution < -0.4 is 4.90 Å². The van der Waals surface area contributed by atoms with E-state index in [0.29, 0.717) is 6.42 Å². The van der Waals surface area contributed by atoms with E-state index in [1.807, 2.05) is 19.1 Å². The van der Waals surface area contributed by atoms with E-state index in [0.717, 1.165) is 52.6 Å². The summed E-state index contributed by atoms with van der Waals surface area (Å²) in [5.74, 6) is 1.48. The van der Waals surface area contributed by atoms with Gasteiger partial charge in [0.1, 0.15) is 17.2 Å². The van der Waals surface area contributed by atoms with E-state index in [1.54, 1.807) is 18.2 Å². The Morgan fingerprint density at radius 3 is 2.73 bits per heavy atom. The molecular weight excluding hydrogens is 327 g/mol. The topological polar surface area (TPSA) is 44.8 Å². The second-order valence-electron chi connectivity index (χ2n) is 6.93. The average molecular weight is 350 g/mol. The smallest absolute Gasteiger partial charge is 0.156 e. The highest BCUT2D eigenvalue weighted by Crippen LogP contribution is 2.31. The highest BCUT2D eigenvalue weighted by Gasteiger charge is 2.18. The molecule has 134 valence electrons. The first-order chi connectivity index (χ1) is 12.6. The van der Waals surface area contributed by atoms with Gasteiger partial charge in [-0.3, -0.25) is 0 Å². The number of aryl methyl sites for hydroxylation is 1. The van der Waals surface area contributed by atoms with Crippen molar-refractivity contribution in [3.63, 3.8) is 0 Å². The number of anilines is 1. The molecule has 0 radical (unpaired) electrons. The van der Waals surface area contributed by atoms with Gasteiger partial charge in [0, 0.05) is 24.3 Å². The summed E-state index contributed by atoms with van der Waals surface area (Å²) in [6, 6.07) is 7.09. The number of hydrogen-bond acceptors (Lipinski definition) is 3. The van der Waals surface area contributed by atoms with Crippen molar-refractivity contribution in [1.29, 1.82) is 0 Å². The van der Waals surface area contributed by atoms with Crippen molar-refractivity contribution >= 4 is 16.9 Å². The zero-order valence-electron chi connectivity index (χ0n) is 15.1. The van der Waals surface area contributed by atoms with Gasteiger partial charge in [-0.05, 0) is 62.4 Å². The lowest BCUT2D eigenvalue weighted by molar-refractivity contribution is 0.574. The molecule has 1 aliphatic rings. The van der Waals surface area contributed by atoms with Gasteiger partial charge < -0.3 is 9.88 Å². The number of hydrogen-bond donors (Lipinski definition) is 1. The third-order valence-electron chi connectivity index (χ3n) is 4.87. The number of nitrogens with zero attached hydrogens (tertiary/aromatic N) is 3. The molecule has 0 bridgehead atoms. The maximum Gasteiger partial charge on any atom is 0.156 e. The number of allylic oxidation sites excluding steroid dienone is 1. The van der Waals surface area contributed by atoms with Crippen LogP contribution in [-0.4, -0.2) is 28.0 Å². The highest BCUT2D eigenvalue weighted by atomic mass is 19.1. The van der Waals surface area contributed by atoms with E-state index in [9.17, 15) is 4.39 Å². The van der Waals surface area contributed by atoms with Crippen molar-refractivity contribution in [1.82, 2.24) is 15.0 Å². The molecule has 5 heteroatoms. The van der Waals surface area contributed by atoms with E-state index in [1.165, 1.54) is 19.3 Å². The van der Waals surface area contributed by atoms with Crippen molar-refractivity contribution in [2.75, 3.05) is 18.0 Å². The van der Waals surface area contributed by atoms with Crippen LogP contribution in [0.2, 0.25) is 0 Å². The number of nitrogens with one attached hydrogen (secondary N) is 1. The lowest BCUT2D eigenvalue weighted by Gasteiger charge is -2.28. The Kier molecular flexibility index (Phi) is 4.45. The van der Waals surface area contributed by atoms with Crippen molar-refractivity contribution in [3.8, 4) is 11.3 Å². The van der Waals surface area contributed by atoms with Crippen LogP contribution in [0.15, 0.2) is 36.9 Å². The number of H-pyrrole nitrogens is 1. The van der Waals surface area contributed by atoms with Gasteiger partial charge >= 0.3 is 0 Å². The van der Waals surface area contributed by atoms with Crippen molar-refractivity contribution < 1.29 is 4.39 Å². The Labute approximate surface area is 152 Å². The summed E-state index contributed by atoms with van der Waals surface area (Å²) in [6.07, 6.45) is 6.07. The van der Waals surface area contributed by atoms with Crippen LogP contribution in [0, 0.1) is 12.7 Å². The molecule has 3 heterocycles. The van der Waals surface area contributed by atoms with Crippen LogP contribution in [0.4, 0.5) is 10.2 Å². The molecular formula is C21H23FN4. The summed E-state index contributed by atoms with van der Waals surface area (Å²) >= 11 is 0. The zero-order chi connectivity index (χ0) is 18.1. The SMILES string of the molecule is C=CCc1cc(F)cc(-c2cc3nc(C)nc(N4CCCCC4)c3[nH]2)c1. The number of fused-ring (bicyclic) bond motifs is 1. The van der Waals surface area contributed by atoms with Crippen molar-refractivity contribution in [3.05, 3.63) is 54.1 Å². The highest BCUT2D eigenvalue weighted by molar-refractivity contribution is 5.91. The maximum absolute atomic E-state index is 14.0.